The van der Waals surface area contributed by atoms with E-state index in [1.165, 1.54) is 6.92 Å². The van der Waals surface area contributed by atoms with Crippen molar-refractivity contribution in [1.82, 2.24) is 4.98 Å². The maximum Gasteiger partial charge on any atom is 0.308 e. The molecule has 0 fully saturated rings. The van der Waals surface area contributed by atoms with Gasteiger partial charge in [-0.1, -0.05) is 23.8 Å². The van der Waals surface area contributed by atoms with Crippen molar-refractivity contribution in [3.63, 3.8) is 0 Å². The Morgan fingerprint density at radius 3 is 2.53 bits per heavy atom. The molecule has 2 rings (SSSR count). The zero-order valence-electron chi connectivity index (χ0n) is 11.4. The first-order valence-corrected chi connectivity index (χ1v) is 6.24. The average molecular weight is 255 g/mol. The lowest BCUT2D eigenvalue weighted by molar-refractivity contribution is -0.131. The molecule has 0 saturated heterocycles. The van der Waals surface area contributed by atoms with Gasteiger partial charge in [0.2, 0.25) is 0 Å². The van der Waals surface area contributed by atoms with Gasteiger partial charge in [-0.05, 0) is 31.5 Å². The number of benzene rings is 1. The topological polar surface area (TPSA) is 39.2 Å². The Hall–Kier alpha value is -2.16. The molecular formula is C16H17NO2. The lowest BCUT2D eigenvalue weighted by atomic mass is 10.0. The molecule has 0 amide bonds. The quantitative estimate of drug-likeness (QED) is 0.624. The second kappa shape index (κ2) is 5.65. The van der Waals surface area contributed by atoms with E-state index in [1.807, 2.05) is 50.4 Å². The van der Waals surface area contributed by atoms with E-state index in [0.29, 0.717) is 12.2 Å². The van der Waals surface area contributed by atoms with Crippen molar-refractivity contribution >= 4 is 5.97 Å². The van der Waals surface area contributed by atoms with E-state index in [9.17, 15) is 4.79 Å². The number of ether oxygens (including phenoxy) is 1. The molecule has 0 saturated carbocycles. The number of rotatable bonds is 3. The van der Waals surface area contributed by atoms with Gasteiger partial charge in [-0.15, -0.1) is 0 Å². The van der Waals surface area contributed by atoms with Crippen molar-refractivity contribution < 1.29 is 9.53 Å². The summed E-state index contributed by atoms with van der Waals surface area (Å²) in [6.07, 6.45) is 2.50. The van der Waals surface area contributed by atoms with Crippen LogP contribution in [0.2, 0.25) is 0 Å². The smallest absolute Gasteiger partial charge is 0.308 e. The summed E-state index contributed by atoms with van der Waals surface area (Å²) in [5.74, 6) is 0.308. The van der Waals surface area contributed by atoms with E-state index in [2.05, 4.69) is 4.98 Å². The maximum absolute atomic E-state index is 11.1. The number of nitrogens with zero attached hydrogens (tertiary/aromatic N) is 1. The van der Waals surface area contributed by atoms with E-state index in [-0.39, 0.29) is 5.97 Å². The molecule has 0 bridgehead atoms. The van der Waals surface area contributed by atoms with Crippen LogP contribution in [0.4, 0.5) is 0 Å². The minimum absolute atomic E-state index is 0.304. The van der Waals surface area contributed by atoms with Gasteiger partial charge >= 0.3 is 5.97 Å². The Balaban J connectivity index is 2.29. The van der Waals surface area contributed by atoms with Gasteiger partial charge in [0.05, 0.1) is 0 Å². The zero-order chi connectivity index (χ0) is 13.8. The molecule has 1 aromatic heterocycles. The Bertz CT molecular complexity index is 588. The van der Waals surface area contributed by atoms with Gasteiger partial charge in [0.25, 0.3) is 0 Å². The molecule has 0 aliphatic carbocycles. The molecule has 0 radical (unpaired) electrons. The highest BCUT2D eigenvalue weighted by Gasteiger charge is 2.08. The molecule has 0 unspecified atom stereocenters. The van der Waals surface area contributed by atoms with Crippen LogP contribution < -0.4 is 4.74 Å². The fraction of sp³-hybridized carbons (Fsp3) is 0.250. The van der Waals surface area contributed by atoms with Gasteiger partial charge in [0.1, 0.15) is 5.75 Å². The summed E-state index contributed by atoms with van der Waals surface area (Å²) in [5, 5.41) is 0. The third-order valence-electron chi connectivity index (χ3n) is 2.81. The molecule has 19 heavy (non-hydrogen) atoms. The molecule has 1 heterocycles. The fourth-order valence-electron chi connectivity index (χ4n) is 1.90. The highest BCUT2D eigenvalue weighted by molar-refractivity contribution is 5.70. The van der Waals surface area contributed by atoms with E-state index < -0.39 is 0 Å². The lowest BCUT2D eigenvalue weighted by Gasteiger charge is -2.10. The molecule has 3 nitrogen and oxygen atoms in total. The Morgan fingerprint density at radius 1 is 1.16 bits per heavy atom. The third kappa shape index (κ3) is 3.65. The summed E-state index contributed by atoms with van der Waals surface area (Å²) in [6, 6.07) is 9.82. The van der Waals surface area contributed by atoms with Crippen LogP contribution in [0.25, 0.3) is 0 Å². The van der Waals surface area contributed by atoms with Crippen molar-refractivity contribution in [3.8, 4) is 5.75 Å². The molecule has 0 N–H and O–H groups in total. The fourth-order valence-corrected chi connectivity index (χ4v) is 1.90. The van der Waals surface area contributed by atoms with Crippen LogP contribution in [0.5, 0.6) is 5.75 Å². The van der Waals surface area contributed by atoms with Crippen molar-refractivity contribution in [3.05, 3.63) is 58.9 Å². The van der Waals surface area contributed by atoms with Gasteiger partial charge in [-0.2, -0.15) is 0 Å². The van der Waals surface area contributed by atoms with E-state index >= 15 is 0 Å². The number of carbonyl (C=O) groups excluding carboxylic acids is 1. The van der Waals surface area contributed by atoms with Crippen LogP contribution >= 0.6 is 0 Å². The molecule has 0 aliphatic rings. The minimum atomic E-state index is -0.304. The monoisotopic (exact) mass is 255 g/mol. The van der Waals surface area contributed by atoms with E-state index in [0.717, 1.165) is 22.4 Å². The first kappa shape index (κ1) is 13.3. The van der Waals surface area contributed by atoms with Gasteiger partial charge < -0.3 is 4.74 Å². The summed E-state index contributed by atoms with van der Waals surface area (Å²) in [5.41, 5.74) is 4.21. The number of esters is 1. The van der Waals surface area contributed by atoms with E-state index in [1.54, 1.807) is 0 Å². The van der Waals surface area contributed by atoms with Gasteiger partial charge in [-0.3, -0.25) is 9.78 Å². The second-order valence-electron chi connectivity index (χ2n) is 4.71. The molecular weight excluding hydrogens is 238 g/mol. The summed E-state index contributed by atoms with van der Waals surface area (Å²) in [4.78, 5) is 15.5. The van der Waals surface area contributed by atoms with Crippen LogP contribution in [-0.4, -0.2) is 11.0 Å². The van der Waals surface area contributed by atoms with E-state index in [4.69, 9.17) is 4.74 Å². The van der Waals surface area contributed by atoms with Crippen molar-refractivity contribution in [2.45, 2.75) is 27.2 Å². The normalized spacial score (nSPS) is 10.3. The number of aryl methyl sites for hydroxylation is 2. The van der Waals surface area contributed by atoms with Crippen LogP contribution in [0.3, 0.4) is 0 Å². The van der Waals surface area contributed by atoms with Crippen LogP contribution in [-0.2, 0) is 11.2 Å². The lowest BCUT2D eigenvalue weighted by Crippen LogP contribution is -2.05. The average Bonchev–Trinajstić information content (AvgIpc) is 2.35. The number of hydrogen-bond acceptors (Lipinski definition) is 3. The van der Waals surface area contributed by atoms with Crippen molar-refractivity contribution in [2.75, 3.05) is 0 Å². The standard InChI is InChI=1S/C16H17NO2/c1-11-5-7-16(19-13(3)18)14(8-11)9-15-6-4-12(2)10-17-15/h4-8,10H,9H2,1-3H3. The Morgan fingerprint density at radius 2 is 1.89 bits per heavy atom. The highest BCUT2D eigenvalue weighted by Crippen LogP contribution is 2.22. The molecule has 98 valence electrons. The SMILES string of the molecule is CC(=O)Oc1ccc(C)cc1Cc1ccc(C)cn1. The first-order valence-electron chi connectivity index (χ1n) is 6.24. The Kier molecular flexibility index (Phi) is 3.95. The summed E-state index contributed by atoms with van der Waals surface area (Å²) < 4.78 is 5.23. The molecule has 0 spiro atoms. The number of aromatic nitrogens is 1. The molecule has 0 aliphatic heterocycles. The number of pyridine rings is 1. The molecule has 2 aromatic rings. The maximum atomic E-state index is 11.1. The largest absolute Gasteiger partial charge is 0.426 e. The summed E-state index contributed by atoms with van der Waals surface area (Å²) >= 11 is 0. The van der Waals surface area contributed by atoms with Crippen LogP contribution in [0.1, 0.15) is 29.3 Å². The number of hydrogen-bond donors (Lipinski definition) is 0. The van der Waals surface area contributed by atoms with Crippen LogP contribution in [0.15, 0.2) is 36.5 Å². The minimum Gasteiger partial charge on any atom is -0.426 e. The zero-order valence-corrected chi connectivity index (χ0v) is 11.4. The summed E-state index contributed by atoms with van der Waals surface area (Å²) in [7, 11) is 0. The highest BCUT2D eigenvalue weighted by atomic mass is 16.5. The predicted octanol–water partition coefficient (Wildman–Crippen LogP) is 3.21. The molecule has 3 heteroatoms. The number of carbonyl (C=O) groups is 1. The van der Waals surface area contributed by atoms with Gasteiger partial charge in [-0.25, -0.2) is 0 Å². The predicted molar refractivity (Wildman–Crippen MR) is 74.3 cm³/mol. The van der Waals surface area contributed by atoms with Gasteiger partial charge in [0, 0.05) is 30.8 Å². The molecule has 1 aromatic carbocycles. The third-order valence-corrected chi connectivity index (χ3v) is 2.81. The van der Waals surface area contributed by atoms with Crippen molar-refractivity contribution in [1.29, 1.82) is 0 Å². The van der Waals surface area contributed by atoms with Crippen LogP contribution in [0, 0.1) is 13.8 Å². The summed E-state index contributed by atoms with van der Waals surface area (Å²) in [6.45, 7) is 5.44. The Labute approximate surface area is 113 Å². The first-order chi connectivity index (χ1) is 9.04. The van der Waals surface area contributed by atoms with Gasteiger partial charge in [0.15, 0.2) is 0 Å². The molecule has 0 atom stereocenters. The van der Waals surface area contributed by atoms with Crippen molar-refractivity contribution in [2.24, 2.45) is 0 Å². The second-order valence-corrected chi connectivity index (χ2v) is 4.71.